The molecule has 0 aromatic carbocycles. The molecular weight excluding hydrogens is 290 g/mol. The number of hydrogen-bond acceptors (Lipinski definition) is 5. The van der Waals surface area contributed by atoms with Gasteiger partial charge in [0.1, 0.15) is 22.2 Å². The molecule has 2 heterocycles. The Labute approximate surface area is 124 Å². The standard InChI is InChI=1S/C14H19N3O3S/c1-4-15-14-8-6-12(9-16-14)21(18,19)17-11(3)13-7-5-10(2)20-13/h5-9,11,17H,4H2,1-3H3,(H,15,16). The third kappa shape index (κ3) is 3.83. The summed E-state index contributed by atoms with van der Waals surface area (Å²) in [6.07, 6.45) is 1.33. The summed E-state index contributed by atoms with van der Waals surface area (Å²) in [6.45, 7) is 6.22. The van der Waals surface area contributed by atoms with Crippen LogP contribution in [0.15, 0.2) is 39.8 Å². The smallest absolute Gasteiger partial charge is 0.242 e. The Morgan fingerprint density at radius 2 is 2.05 bits per heavy atom. The van der Waals surface area contributed by atoms with E-state index >= 15 is 0 Å². The van der Waals surface area contributed by atoms with Crippen molar-refractivity contribution in [2.75, 3.05) is 11.9 Å². The van der Waals surface area contributed by atoms with Gasteiger partial charge in [0.05, 0.1) is 6.04 Å². The van der Waals surface area contributed by atoms with Crippen LogP contribution in [0.1, 0.15) is 31.4 Å². The van der Waals surface area contributed by atoms with E-state index in [9.17, 15) is 8.42 Å². The fourth-order valence-corrected chi connectivity index (χ4v) is 3.03. The van der Waals surface area contributed by atoms with Gasteiger partial charge in [-0.1, -0.05) is 0 Å². The summed E-state index contributed by atoms with van der Waals surface area (Å²) in [4.78, 5) is 4.19. The van der Waals surface area contributed by atoms with Crippen molar-refractivity contribution >= 4 is 15.8 Å². The molecule has 2 aromatic rings. The summed E-state index contributed by atoms with van der Waals surface area (Å²) in [5, 5.41) is 3.01. The Morgan fingerprint density at radius 3 is 2.57 bits per heavy atom. The number of pyridine rings is 1. The molecule has 0 amide bonds. The average molecular weight is 309 g/mol. The Morgan fingerprint density at radius 1 is 1.29 bits per heavy atom. The van der Waals surface area contributed by atoms with Crippen molar-refractivity contribution in [1.82, 2.24) is 9.71 Å². The van der Waals surface area contributed by atoms with Crippen molar-refractivity contribution in [3.8, 4) is 0 Å². The van der Waals surface area contributed by atoms with Gasteiger partial charge in [-0.15, -0.1) is 0 Å². The normalized spacial score (nSPS) is 13.1. The summed E-state index contributed by atoms with van der Waals surface area (Å²) in [7, 11) is -3.63. The summed E-state index contributed by atoms with van der Waals surface area (Å²) in [5.74, 6) is 1.96. The van der Waals surface area contributed by atoms with Crippen LogP contribution in [0.5, 0.6) is 0 Å². The zero-order chi connectivity index (χ0) is 15.5. The third-order valence-electron chi connectivity index (χ3n) is 2.92. The quantitative estimate of drug-likeness (QED) is 0.856. The molecule has 0 aliphatic carbocycles. The molecule has 21 heavy (non-hydrogen) atoms. The molecule has 2 aromatic heterocycles. The number of rotatable bonds is 6. The lowest BCUT2D eigenvalue weighted by Crippen LogP contribution is -2.26. The van der Waals surface area contributed by atoms with E-state index in [0.29, 0.717) is 11.6 Å². The van der Waals surface area contributed by atoms with E-state index in [-0.39, 0.29) is 4.90 Å². The molecule has 6 nitrogen and oxygen atoms in total. The SMILES string of the molecule is CCNc1ccc(S(=O)(=O)NC(C)c2ccc(C)o2)cn1. The summed E-state index contributed by atoms with van der Waals surface area (Å²) in [6, 6.07) is 6.27. The Hall–Kier alpha value is -1.86. The van der Waals surface area contributed by atoms with Crippen LogP contribution in [0, 0.1) is 6.92 Å². The van der Waals surface area contributed by atoms with E-state index in [1.165, 1.54) is 12.3 Å². The lowest BCUT2D eigenvalue weighted by molar-refractivity contribution is 0.441. The van der Waals surface area contributed by atoms with Gasteiger partial charge in [0.15, 0.2) is 0 Å². The number of nitrogens with one attached hydrogen (secondary N) is 2. The van der Waals surface area contributed by atoms with Gasteiger partial charge < -0.3 is 9.73 Å². The van der Waals surface area contributed by atoms with E-state index in [4.69, 9.17) is 4.42 Å². The van der Waals surface area contributed by atoms with Gasteiger partial charge in [-0.3, -0.25) is 0 Å². The van der Waals surface area contributed by atoms with Crippen LogP contribution in [0.2, 0.25) is 0 Å². The maximum Gasteiger partial charge on any atom is 0.242 e. The lowest BCUT2D eigenvalue weighted by Gasteiger charge is -2.12. The first kappa shape index (κ1) is 15.5. The summed E-state index contributed by atoms with van der Waals surface area (Å²) < 4.78 is 32.6. The molecular formula is C14H19N3O3S. The first-order valence-corrected chi connectivity index (χ1v) is 8.19. The second kappa shape index (κ2) is 6.28. The Kier molecular flexibility index (Phi) is 4.64. The molecule has 0 saturated carbocycles. The van der Waals surface area contributed by atoms with E-state index in [1.807, 2.05) is 13.8 Å². The van der Waals surface area contributed by atoms with Crippen molar-refractivity contribution in [2.24, 2.45) is 0 Å². The van der Waals surface area contributed by atoms with Crippen molar-refractivity contribution in [3.05, 3.63) is 42.0 Å². The maximum absolute atomic E-state index is 12.3. The van der Waals surface area contributed by atoms with Crippen LogP contribution in [-0.2, 0) is 10.0 Å². The molecule has 2 N–H and O–H groups in total. The number of aromatic nitrogens is 1. The Bertz CT molecular complexity index is 693. The number of hydrogen-bond donors (Lipinski definition) is 2. The highest BCUT2D eigenvalue weighted by Gasteiger charge is 2.20. The van der Waals surface area contributed by atoms with Gasteiger partial charge in [0.25, 0.3) is 0 Å². The average Bonchev–Trinajstić information content (AvgIpc) is 2.86. The van der Waals surface area contributed by atoms with Crippen LogP contribution < -0.4 is 10.0 Å². The second-order valence-corrected chi connectivity index (χ2v) is 6.41. The number of nitrogens with zero attached hydrogens (tertiary/aromatic N) is 1. The van der Waals surface area contributed by atoms with Gasteiger partial charge in [0.2, 0.25) is 10.0 Å². The van der Waals surface area contributed by atoms with Crippen LogP contribution in [0.4, 0.5) is 5.82 Å². The fourth-order valence-electron chi connectivity index (χ4n) is 1.87. The van der Waals surface area contributed by atoms with E-state index < -0.39 is 16.1 Å². The van der Waals surface area contributed by atoms with Gasteiger partial charge in [-0.05, 0) is 45.0 Å². The van der Waals surface area contributed by atoms with Crippen molar-refractivity contribution in [2.45, 2.75) is 31.7 Å². The summed E-state index contributed by atoms with van der Waals surface area (Å²) in [5.41, 5.74) is 0. The number of anilines is 1. The van der Waals surface area contributed by atoms with Gasteiger partial charge >= 0.3 is 0 Å². The molecule has 1 unspecified atom stereocenters. The zero-order valence-electron chi connectivity index (χ0n) is 12.3. The molecule has 7 heteroatoms. The van der Waals surface area contributed by atoms with Crippen molar-refractivity contribution in [1.29, 1.82) is 0 Å². The minimum absolute atomic E-state index is 0.124. The highest BCUT2D eigenvalue weighted by Crippen LogP contribution is 2.19. The highest BCUT2D eigenvalue weighted by atomic mass is 32.2. The maximum atomic E-state index is 12.3. The van der Waals surface area contributed by atoms with Crippen LogP contribution >= 0.6 is 0 Å². The van der Waals surface area contributed by atoms with Crippen molar-refractivity contribution in [3.63, 3.8) is 0 Å². The van der Waals surface area contributed by atoms with Gasteiger partial charge in [-0.2, -0.15) is 0 Å². The van der Waals surface area contributed by atoms with Gasteiger partial charge in [0, 0.05) is 12.7 Å². The first-order chi connectivity index (χ1) is 9.92. The fraction of sp³-hybridized carbons (Fsp3) is 0.357. The molecule has 0 spiro atoms. The predicted octanol–water partition coefficient (Wildman–Crippen LogP) is 2.45. The third-order valence-corrected chi connectivity index (χ3v) is 4.45. The molecule has 0 saturated heterocycles. The monoisotopic (exact) mass is 309 g/mol. The van der Waals surface area contributed by atoms with E-state index in [1.54, 1.807) is 25.1 Å². The second-order valence-electron chi connectivity index (χ2n) is 4.70. The zero-order valence-corrected chi connectivity index (χ0v) is 13.1. The molecule has 0 aliphatic heterocycles. The minimum atomic E-state index is -3.63. The lowest BCUT2D eigenvalue weighted by atomic mass is 10.3. The summed E-state index contributed by atoms with van der Waals surface area (Å²) >= 11 is 0. The van der Waals surface area contributed by atoms with Gasteiger partial charge in [-0.25, -0.2) is 18.1 Å². The Balaban J connectivity index is 2.14. The molecule has 114 valence electrons. The number of furan rings is 1. The predicted molar refractivity (Wildman–Crippen MR) is 80.6 cm³/mol. The number of aryl methyl sites for hydroxylation is 1. The molecule has 0 radical (unpaired) electrons. The molecule has 0 aliphatic rings. The van der Waals surface area contributed by atoms with E-state index in [2.05, 4.69) is 15.0 Å². The molecule has 0 fully saturated rings. The van der Waals surface area contributed by atoms with Crippen LogP contribution in [-0.4, -0.2) is 19.9 Å². The largest absolute Gasteiger partial charge is 0.465 e. The molecule has 2 rings (SSSR count). The van der Waals surface area contributed by atoms with Crippen LogP contribution in [0.3, 0.4) is 0 Å². The van der Waals surface area contributed by atoms with E-state index in [0.717, 1.165) is 12.3 Å². The molecule has 1 atom stereocenters. The minimum Gasteiger partial charge on any atom is -0.465 e. The van der Waals surface area contributed by atoms with Crippen LogP contribution in [0.25, 0.3) is 0 Å². The number of sulfonamides is 1. The first-order valence-electron chi connectivity index (χ1n) is 6.71. The van der Waals surface area contributed by atoms with Crippen molar-refractivity contribution < 1.29 is 12.8 Å². The topological polar surface area (TPSA) is 84.2 Å². The highest BCUT2D eigenvalue weighted by molar-refractivity contribution is 7.89. The molecule has 0 bridgehead atoms.